The molecule has 0 N–H and O–H groups in total. The van der Waals surface area contributed by atoms with Gasteiger partial charge in [0.15, 0.2) is 0 Å². The molecule has 1 heterocycles. The van der Waals surface area contributed by atoms with Crippen molar-refractivity contribution >= 4 is 23.5 Å². The Balaban J connectivity index is 1.91. The van der Waals surface area contributed by atoms with Gasteiger partial charge < -0.3 is 18.9 Å². The number of halogens is 1. The van der Waals surface area contributed by atoms with Crippen LogP contribution in [-0.2, 0) is 30.2 Å². The molecular weight excluding hydrogens is 456 g/mol. The minimum atomic E-state index is -0.607. The van der Waals surface area contributed by atoms with E-state index in [-0.39, 0.29) is 18.0 Å². The topological polar surface area (TPSA) is 71.1 Å². The van der Waals surface area contributed by atoms with Gasteiger partial charge in [-0.1, -0.05) is 49.7 Å². The maximum Gasteiger partial charge on any atom is 0.303 e. The predicted molar refractivity (Wildman–Crippen MR) is 130 cm³/mol. The molecule has 34 heavy (non-hydrogen) atoms. The van der Waals surface area contributed by atoms with Gasteiger partial charge in [-0.15, -0.1) is 0 Å². The van der Waals surface area contributed by atoms with E-state index in [2.05, 4.69) is 0 Å². The molecule has 0 aliphatic carbocycles. The van der Waals surface area contributed by atoms with Crippen LogP contribution in [0.5, 0.6) is 5.75 Å². The maximum atomic E-state index is 11.9. The molecule has 0 saturated carbocycles. The summed E-state index contributed by atoms with van der Waals surface area (Å²) in [5.74, 6) is -0.219. The van der Waals surface area contributed by atoms with Gasteiger partial charge in [0, 0.05) is 24.8 Å². The largest absolute Gasteiger partial charge is 0.494 e. The van der Waals surface area contributed by atoms with Crippen molar-refractivity contribution in [3.63, 3.8) is 0 Å². The molecule has 7 heteroatoms. The van der Waals surface area contributed by atoms with Crippen molar-refractivity contribution in [1.29, 1.82) is 0 Å². The summed E-state index contributed by atoms with van der Waals surface area (Å²) in [4.78, 5) is 23.6. The van der Waals surface area contributed by atoms with Crippen molar-refractivity contribution in [2.75, 3.05) is 6.61 Å². The van der Waals surface area contributed by atoms with Crippen LogP contribution >= 0.6 is 11.6 Å². The Morgan fingerprint density at radius 3 is 2.21 bits per heavy atom. The molecule has 0 bridgehead atoms. The summed E-state index contributed by atoms with van der Waals surface area (Å²) in [5, 5.41) is 0.648. The molecule has 0 spiro atoms. The number of carbonyl (C=O) groups is 2. The number of esters is 2. The Morgan fingerprint density at radius 2 is 1.62 bits per heavy atom. The van der Waals surface area contributed by atoms with Gasteiger partial charge in [-0.05, 0) is 54.7 Å². The van der Waals surface area contributed by atoms with Crippen LogP contribution in [0.1, 0.15) is 63.8 Å². The fourth-order valence-corrected chi connectivity index (χ4v) is 4.66. The second kappa shape index (κ2) is 11.7. The van der Waals surface area contributed by atoms with Gasteiger partial charge in [0.05, 0.1) is 12.7 Å². The summed E-state index contributed by atoms with van der Waals surface area (Å²) in [5.41, 5.74) is 2.90. The lowest BCUT2D eigenvalue weighted by molar-refractivity contribution is -0.223. The Morgan fingerprint density at radius 1 is 0.971 bits per heavy atom. The van der Waals surface area contributed by atoms with Gasteiger partial charge in [0.25, 0.3) is 0 Å². The predicted octanol–water partition coefficient (Wildman–Crippen LogP) is 5.68. The first-order chi connectivity index (χ1) is 16.2. The molecule has 0 amide bonds. The molecular formula is C27H33ClO6. The Bertz CT molecular complexity index is 989. The lowest BCUT2D eigenvalue weighted by atomic mass is 9.83. The van der Waals surface area contributed by atoms with Crippen LogP contribution in [0, 0.1) is 5.92 Å². The molecule has 2 aromatic rings. The van der Waals surface area contributed by atoms with Crippen molar-refractivity contribution in [1.82, 2.24) is 0 Å². The van der Waals surface area contributed by atoms with Crippen LogP contribution in [0.15, 0.2) is 42.5 Å². The first-order valence-electron chi connectivity index (χ1n) is 11.7. The van der Waals surface area contributed by atoms with E-state index in [0.29, 0.717) is 24.5 Å². The zero-order valence-corrected chi connectivity index (χ0v) is 21.1. The molecule has 1 fully saturated rings. The monoisotopic (exact) mass is 488 g/mol. The van der Waals surface area contributed by atoms with Crippen LogP contribution in [0.3, 0.4) is 0 Å². The molecule has 6 nitrogen and oxygen atoms in total. The molecule has 1 aliphatic heterocycles. The molecule has 3 rings (SSSR count). The van der Waals surface area contributed by atoms with E-state index in [9.17, 15) is 9.59 Å². The summed E-state index contributed by atoms with van der Waals surface area (Å²) in [7, 11) is 0. The number of hydrogen-bond donors (Lipinski definition) is 0. The highest BCUT2D eigenvalue weighted by Crippen LogP contribution is 2.40. The highest BCUT2D eigenvalue weighted by atomic mass is 35.5. The molecule has 5 atom stereocenters. The van der Waals surface area contributed by atoms with Crippen LogP contribution in [0.25, 0.3) is 0 Å². The van der Waals surface area contributed by atoms with Gasteiger partial charge in [-0.3, -0.25) is 9.59 Å². The zero-order chi connectivity index (χ0) is 24.8. The molecule has 1 saturated heterocycles. The van der Waals surface area contributed by atoms with Gasteiger partial charge in [0.1, 0.15) is 24.1 Å². The Labute approximate surface area is 206 Å². The lowest BCUT2D eigenvalue weighted by Crippen LogP contribution is -2.52. The van der Waals surface area contributed by atoms with Gasteiger partial charge in [0.2, 0.25) is 0 Å². The molecule has 184 valence electrons. The minimum absolute atomic E-state index is 0.248. The third kappa shape index (κ3) is 6.30. The van der Waals surface area contributed by atoms with Crippen molar-refractivity contribution in [3.8, 4) is 5.75 Å². The van der Waals surface area contributed by atoms with Gasteiger partial charge in [-0.25, -0.2) is 0 Å². The number of carbonyl (C=O) groups excluding carboxylic acids is 2. The normalized spacial score (nSPS) is 24.4. The van der Waals surface area contributed by atoms with E-state index in [1.54, 1.807) is 0 Å². The molecule has 1 aliphatic rings. The van der Waals surface area contributed by atoms with E-state index < -0.39 is 24.3 Å². The van der Waals surface area contributed by atoms with Crippen LogP contribution < -0.4 is 4.74 Å². The molecule has 2 aromatic carbocycles. The average Bonchev–Trinajstić information content (AvgIpc) is 2.79. The quantitative estimate of drug-likeness (QED) is 0.445. The summed E-state index contributed by atoms with van der Waals surface area (Å²) >= 11 is 6.54. The van der Waals surface area contributed by atoms with Crippen molar-refractivity contribution < 1.29 is 28.5 Å². The zero-order valence-electron chi connectivity index (χ0n) is 20.4. The summed E-state index contributed by atoms with van der Waals surface area (Å²) < 4.78 is 23.2. The summed E-state index contributed by atoms with van der Waals surface area (Å²) in [6.45, 7) is 9.22. The number of rotatable bonds is 8. The van der Waals surface area contributed by atoms with Crippen LogP contribution in [-0.4, -0.2) is 36.9 Å². The fraction of sp³-hybridized carbons (Fsp3) is 0.481. The van der Waals surface area contributed by atoms with Crippen molar-refractivity contribution in [2.45, 2.75) is 71.9 Å². The smallest absolute Gasteiger partial charge is 0.303 e. The number of hydrogen-bond acceptors (Lipinski definition) is 6. The van der Waals surface area contributed by atoms with Gasteiger partial charge in [-0.2, -0.15) is 0 Å². The first kappa shape index (κ1) is 26.0. The highest BCUT2D eigenvalue weighted by molar-refractivity contribution is 6.31. The van der Waals surface area contributed by atoms with Crippen LogP contribution in [0.2, 0.25) is 5.02 Å². The second-order valence-corrected chi connectivity index (χ2v) is 9.02. The molecule has 1 unspecified atom stereocenters. The Kier molecular flexibility index (Phi) is 8.97. The third-order valence-corrected chi connectivity index (χ3v) is 6.43. The lowest BCUT2D eigenvalue weighted by Gasteiger charge is -2.44. The van der Waals surface area contributed by atoms with Crippen molar-refractivity contribution in [2.24, 2.45) is 5.92 Å². The minimum Gasteiger partial charge on any atom is -0.494 e. The number of benzene rings is 2. The van der Waals surface area contributed by atoms with Crippen molar-refractivity contribution in [3.05, 3.63) is 64.2 Å². The highest BCUT2D eigenvalue weighted by Gasteiger charge is 2.47. The Hall–Kier alpha value is -2.57. The van der Waals surface area contributed by atoms with Crippen LogP contribution in [0.4, 0.5) is 0 Å². The van der Waals surface area contributed by atoms with E-state index in [4.69, 9.17) is 30.5 Å². The standard InChI is InChI=1S/C27H33ClO6/c1-6-24-25(32-17(4)29)16(3)26(33-18(5)30)27(34-24)20-10-13-23(28)21(15-20)14-19-8-11-22(12-9-19)31-7-2/h8-13,15-16,24-27H,6-7,14H2,1-5H3/t16-,24+,25?,26+,27-/m0/s1. The molecule has 0 aromatic heterocycles. The van der Waals surface area contributed by atoms with Gasteiger partial charge >= 0.3 is 11.9 Å². The summed E-state index contributed by atoms with van der Waals surface area (Å²) in [6.07, 6.45) is -0.652. The fourth-order valence-electron chi connectivity index (χ4n) is 4.47. The van der Waals surface area contributed by atoms with E-state index in [1.807, 2.05) is 63.2 Å². The second-order valence-electron chi connectivity index (χ2n) is 8.62. The summed E-state index contributed by atoms with van der Waals surface area (Å²) in [6, 6.07) is 13.7. The third-order valence-electron chi connectivity index (χ3n) is 6.06. The molecule has 0 radical (unpaired) electrons. The van der Waals surface area contributed by atoms with E-state index in [1.165, 1.54) is 13.8 Å². The van der Waals surface area contributed by atoms with E-state index >= 15 is 0 Å². The maximum absolute atomic E-state index is 11.9. The van der Waals surface area contributed by atoms with E-state index in [0.717, 1.165) is 22.4 Å². The first-order valence-corrected chi connectivity index (χ1v) is 12.1. The SMILES string of the molecule is CCOc1ccc(Cc2cc([C@@H]3O[C@H](CC)C(OC(C)=O)[C@H](C)[C@H]3OC(C)=O)ccc2Cl)cc1. The number of ether oxygens (including phenoxy) is 4. The average molecular weight is 489 g/mol.